The van der Waals surface area contributed by atoms with E-state index in [4.69, 9.17) is 14.2 Å². The van der Waals surface area contributed by atoms with E-state index in [1.807, 2.05) is 18.2 Å². The Morgan fingerprint density at radius 3 is 1.68 bits per heavy atom. The maximum atomic E-state index is 12.1. The number of carbonyl (C=O) groups is 1. The topological polar surface area (TPSA) is 44.8 Å². The fourth-order valence-corrected chi connectivity index (χ4v) is 9.10. The van der Waals surface area contributed by atoms with Gasteiger partial charge in [-0.2, -0.15) is 0 Å². The van der Waals surface area contributed by atoms with E-state index in [0.29, 0.717) is 23.2 Å². The lowest BCUT2D eigenvalue weighted by Crippen LogP contribution is -3.00. The number of methoxy groups -OCH3 is 2. The zero-order valence-electron chi connectivity index (χ0n) is 22.4. The summed E-state index contributed by atoms with van der Waals surface area (Å²) in [5, 5.41) is 3.84. The summed E-state index contributed by atoms with van der Waals surface area (Å²) in [5.74, 6) is 1.63. The molecule has 5 rings (SSSR count). The molecule has 0 heterocycles. The fourth-order valence-electron chi connectivity index (χ4n) is 4.86. The van der Waals surface area contributed by atoms with E-state index in [9.17, 15) is 4.79 Å². The van der Waals surface area contributed by atoms with Crippen LogP contribution in [0.15, 0.2) is 133 Å². The zero-order valence-corrected chi connectivity index (χ0v) is 24.8. The third-order valence-corrected chi connectivity index (χ3v) is 11.1. The van der Waals surface area contributed by atoms with Gasteiger partial charge in [-0.3, -0.25) is 0 Å². The molecule has 0 aliphatic heterocycles. The number of halogens is 1. The molecular weight excluding hydrogens is 583 g/mol. The predicted octanol–water partition coefficient (Wildman–Crippen LogP) is 3.77. The molecule has 4 nitrogen and oxygen atoms in total. The van der Waals surface area contributed by atoms with Crippen LogP contribution in [0.25, 0.3) is 0 Å². The molecule has 0 atom stereocenters. The van der Waals surface area contributed by atoms with Gasteiger partial charge in [0.1, 0.15) is 46.6 Å². The van der Waals surface area contributed by atoms with Gasteiger partial charge < -0.3 is 31.2 Å². The summed E-state index contributed by atoms with van der Waals surface area (Å²) >= 11 is 0. The van der Waals surface area contributed by atoms with Gasteiger partial charge in [0.2, 0.25) is 0 Å². The number of carbonyl (C=O) groups excluding carboxylic acids is 1. The van der Waals surface area contributed by atoms with Crippen molar-refractivity contribution in [1.82, 2.24) is 0 Å². The Labute approximate surface area is 246 Å². The first-order chi connectivity index (χ1) is 19.1. The molecule has 0 aliphatic carbocycles. The lowest BCUT2D eigenvalue weighted by atomic mass is 10.2. The second kappa shape index (κ2) is 13.4. The fraction of sp³-hybridized carbons (Fsp3) is 0.0882. The van der Waals surface area contributed by atoms with Crippen LogP contribution in [0.5, 0.6) is 17.2 Å². The van der Waals surface area contributed by atoms with Crippen LogP contribution in [-0.4, -0.2) is 20.2 Å². The van der Waals surface area contributed by atoms with Crippen molar-refractivity contribution in [1.29, 1.82) is 0 Å². The molecular formula is C34H30BrO4P. The first-order valence-corrected chi connectivity index (χ1v) is 14.7. The van der Waals surface area contributed by atoms with Crippen LogP contribution in [0, 0.1) is 0 Å². The standard InChI is InChI=1S/C34H30O4P.BrH/c1-36-28-21-22-33(38-29-14-12-13-26(23-29)34(35)37-2)27(24-28)25-39(30-15-6-3-7-16-30,31-17-8-4-9-18-31)32-19-10-5-11-20-32;/h3-24H,25H2,1-2H3;1H/q+1;/p-1. The van der Waals surface area contributed by atoms with E-state index in [-0.39, 0.29) is 17.0 Å². The molecule has 202 valence electrons. The summed E-state index contributed by atoms with van der Waals surface area (Å²) < 4.78 is 17.0. The monoisotopic (exact) mass is 612 g/mol. The summed E-state index contributed by atoms with van der Waals surface area (Å²) in [7, 11) is 0.870. The molecule has 0 N–H and O–H groups in total. The molecule has 0 radical (unpaired) electrons. The van der Waals surface area contributed by atoms with Crippen molar-refractivity contribution >= 4 is 29.1 Å². The number of esters is 1. The number of hydrogen-bond acceptors (Lipinski definition) is 4. The second-order valence-electron chi connectivity index (χ2n) is 9.07. The highest BCUT2D eigenvalue weighted by molar-refractivity contribution is 7.95. The van der Waals surface area contributed by atoms with E-state index in [2.05, 4.69) is 97.1 Å². The lowest BCUT2D eigenvalue weighted by Gasteiger charge is -2.28. The van der Waals surface area contributed by atoms with E-state index < -0.39 is 13.2 Å². The van der Waals surface area contributed by atoms with Crippen LogP contribution in [0.1, 0.15) is 15.9 Å². The Balaban J connectivity index is 0.00000370. The average Bonchev–Trinajstić information content (AvgIpc) is 3.01. The highest BCUT2D eigenvalue weighted by Crippen LogP contribution is 2.59. The second-order valence-corrected chi connectivity index (χ2v) is 12.6. The van der Waals surface area contributed by atoms with Crippen molar-refractivity contribution in [3.05, 3.63) is 145 Å². The number of ether oxygens (including phenoxy) is 3. The van der Waals surface area contributed by atoms with Crippen LogP contribution in [-0.2, 0) is 10.9 Å². The largest absolute Gasteiger partial charge is 1.00 e. The SMILES string of the molecule is COC(=O)c1cccc(Oc2ccc(OC)cc2C[P+](c2ccccc2)(c2ccccc2)c2ccccc2)c1.[Br-]. The molecule has 5 aromatic carbocycles. The minimum atomic E-state index is -2.18. The minimum absolute atomic E-state index is 0. The summed E-state index contributed by atoms with van der Waals surface area (Å²) in [6.45, 7) is 0. The Hall–Kier alpha value is -3.92. The predicted molar refractivity (Wildman–Crippen MR) is 160 cm³/mol. The van der Waals surface area contributed by atoms with Gasteiger partial charge in [0.15, 0.2) is 0 Å². The van der Waals surface area contributed by atoms with Crippen molar-refractivity contribution in [2.24, 2.45) is 0 Å². The van der Waals surface area contributed by atoms with Crippen molar-refractivity contribution < 1.29 is 36.0 Å². The summed E-state index contributed by atoms with van der Waals surface area (Å²) in [6.07, 6.45) is 0.717. The number of benzene rings is 5. The molecule has 5 aromatic rings. The van der Waals surface area contributed by atoms with E-state index >= 15 is 0 Å². The average molecular weight is 613 g/mol. The van der Waals surface area contributed by atoms with Crippen LogP contribution < -0.4 is 42.4 Å². The van der Waals surface area contributed by atoms with Crippen LogP contribution in [0.3, 0.4) is 0 Å². The summed E-state index contributed by atoms with van der Waals surface area (Å²) in [6, 6.07) is 45.2. The molecule has 6 heteroatoms. The molecule has 0 spiro atoms. The Bertz CT molecular complexity index is 1450. The molecule has 0 amide bonds. The highest BCUT2D eigenvalue weighted by atomic mass is 79.9. The van der Waals surface area contributed by atoms with Crippen LogP contribution in [0.4, 0.5) is 0 Å². The van der Waals surface area contributed by atoms with Gasteiger partial charge in [-0.25, -0.2) is 4.79 Å². The highest BCUT2D eigenvalue weighted by Gasteiger charge is 2.46. The molecule has 0 bridgehead atoms. The lowest BCUT2D eigenvalue weighted by molar-refractivity contribution is -0.0000228. The van der Waals surface area contributed by atoms with Gasteiger partial charge in [0.25, 0.3) is 0 Å². The quantitative estimate of drug-likeness (QED) is 0.188. The molecule has 0 fully saturated rings. The molecule has 40 heavy (non-hydrogen) atoms. The van der Waals surface area contributed by atoms with E-state index in [1.54, 1.807) is 25.3 Å². The first kappa shape index (κ1) is 29.1. The van der Waals surface area contributed by atoms with Gasteiger partial charge in [0.05, 0.1) is 19.8 Å². The molecule has 0 saturated carbocycles. The smallest absolute Gasteiger partial charge is 0.337 e. The Morgan fingerprint density at radius 1 is 0.625 bits per heavy atom. The summed E-state index contributed by atoms with van der Waals surface area (Å²) in [5.41, 5.74) is 1.45. The summed E-state index contributed by atoms with van der Waals surface area (Å²) in [4.78, 5) is 12.1. The molecule has 0 unspecified atom stereocenters. The number of rotatable bonds is 9. The number of hydrogen-bond donors (Lipinski definition) is 0. The zero-order chi connectivity index (χ0) is 27.1. The van der Waals surface area contributed by atoms with Crippen molar-refractivity contribution in [3.8, 4) is 17.2 Å². The maximum absolute atomic E-state index is 12.1. The van der Waals surface area contributed by atoms with Crippen molar-refractivity contribution in [2.45, 2.75) is 6.16 Å². The van der Waals surface area contributed by atoms with Gasteiger partial charge in [-0.1, -0.05) is 60.7 Å². The van der Waals surface area contributed by atoms with Crippen LogP contribution in [0.2, 0.25) is 0 Å². The Morgan fingerprint density at radius 2 is 1.18 bits per heavy atom. The van der Waals surface area contributed by atoms with E-state index in [0.717, 1.165) is 11.3 Å². The minimum Gasteiger partial charge on any atom is -1.00 e. The van der Waals surface area contributed by atoms with Gasteiger partial charge in [-0.15, -0.1) is 0 Å². The maximum Gasteiger partial charge on any atom is 0.337 e. The third-order valence-electron chi connectivity index (χ3n) is 6.75. The van der Waals surface area contributed by atoms with Gasteiger partial charge >= 0.3 is 5.97 Å². The molecule has 0 aromatic heterocycles. The molecule has 0 saturated heterocycles. The van der Waals surface area contributed by atoms with E-state index in [1.165, 1.54) is 23.0 Å². The first-order valence-electron chi connectivity index (χ1n) is 12.7. The van der Waals surface area contributed by atoms with Crippen molar-refractivity contribution in [3.63, 3.8) is 0 Å². The molecule has 0 aliphatic rings. The third kappa shape index (κ3) is 6.12. The van der Waals surface area contributed by atoms with Gasteiger partial charge in [-0.05, 0) is 72.8 Å². The van der Waals surface area contributed by atoms with Crippen molar-refractivity contribution in [2.75, 3.05) is 14.2 Å². The van der Waals surface area contributed by atoms with Gasteiger partial charge in [0, 0.05) is 5.56 Å². The van der Waals surface area contributed by atoms with Crippen LogP contribution >= 0.6 is 7.26 Å². The Kier molecular flexibility index (Phi) is 9.76. The normalized spacial score (nSPS) is 10.8.